The molecule has 118 heavy (non-hydrogen) atoms. The fourth-order valence-corrected chi connectivity index (χ4v) is 18.8. The summed E-state index contributed by atoms with van der Waals surface area (Å²) in [7, 11) is 1.73. The fraction of sp³-hybridized carbons (Fsp3) is 0.465. The summed E-state index contributed by atoms with van der Waals surface area (Å²) < 4.78 is 138. The summed E-state index contributed by atoms with van der Waals surface area (Å²) in [5, 5.41) is 4.46. The van der Waals surface area contributed by atoms with Crippen molar-refractivity contribution in [3.63, 3.8) is 0 Å². The van der Waals surface area contributed by atoms with E-state index in [1.807, 2.05) is 48.1 Å². The van der Waals surface area contributed by atoms with E-state index in [0.717, 1.165) is 21.1 Å². The molecule has 0 aliphatic carbocycles. The van der Waals surface area contributed by atoms with Crippen LogP contribution in [0.1, 0.15) is 121 Å². The van der Waals surface area contributed by atoms with Gasteiger partial charge < -0.3 is 110 Å². The zero-order valence-corrected chi connectivity index (χ0v) is 68.6. The zero-order chi connectivity index (χ0) is 84.3. The number of carbonyl (C=O) groups excluding carboxylic acids is 8. The highest BCUT2D eigenvalue weighted by atomic mass is 28.4. The van der Waals surface area contributed by atoms with Crippen LogP contribution in [-0.2, 0) is 109 Å². The van der Waals surface area contributed by atoms with Crippen LogP contribution in [0.4, 0.5) is 0 Å². The van der Waals surface area contributed by atoms with E-state index in [-0.39, 0.29) is 35.5 Å². The molecule has 31 nitrogen and oxygen atoms in total. The van der Waals surface area contributed by atoms with Gasteiger partial charge >= 0.3 is 35.8 Å². The summed E-state index contributed by atoms with van der Waals surface area (Å²) in [5.74, 6) is -6.78. The predicted molar refractivity (Wildman–Crippen MR) is 416 cm³/mol. The summed E-state index contributed by atoms with van der Waals surface area (Å²) >= 11 is 0. The Morgan fingerprint density at radius 2 is 0.763 bits per heavy atom. The minimum Gasteiger partial charge on any atom is -0.497 e. The van der Waals surface area contributed by atoms with E-state index >= 15 is 28.8 Å². The van der Waals surface area contributed by atoms with E-state index in [1.54, 1.807) is 121 Å². The lowest BCUT2D eigenvalue weighted by Crippen LogP contribution is -2.73. The van der Waals surface area contributed by atoms with Crippen LogP contribution in [0.5, 0.6) is 11.5 Å². The van der Waals surface area contributed by atoms with Gasteiger partial charge in [-0.15, -0.1) is 6.58 Å². The van der Waals surface area contributed by atoms with E-state index in [9.17, 15) is 9.59 Å². The second-order valence-corrected chi connectivity index (χ2v) is 36.3. The van der Waals surface area contributed by atoms with Crippen molar-refractivity contribution in [3.05, 3.63) is 216 Å². The number of rotatable bonds is 27. The highest BCUT2D eigenvalue weighted by Gasteiger charge is 2.65. The Bertz CT molecular complexity index is 4410. The highest BCUT2D eigenvalue weighted by Crippen LogP contribution is 2.54. The number of esters is 6. The van der Waals surface area contributed by atoms with Gasteiger partial charge in [-0.3, -0.25) is 9.59 Å². The summed E-state index contributed by atoms with van der Waals surface area (Å²) in [6.07, 6.45) is -33.1. The van der Waals surface area contributed by atoms with Gasteiger partial charge in [0.05, 0.1) is 70.5 Å². The van der Waals surface area contributed by atoms with Crippen LogP contribution in [0, 0.1) is 0 Å². The minimum atomic E-state index is -3.41. The number of carbonyl (C=O) groups is 8. The first kappa shape index (κ1) is 87.4. The van der Waals surface area contributed by atoms with Gasteiger partial charge in [-0.1, -0.05) is 145 Å². The lowest BCUT2D eigenvalue weighted by Gasteiger charge is -2.55. The third-order valence-corrected chi connectivity index (χ3v) is 28.0. The molecule has 6 heterocycles. The lowest BCUT2D eigenvalue weighted by molar-refractivity contribution is -0.395. The van der Waals surface area contributed by atoms with Crippen molar-refractivity contribution in [3.8, 4) is 11.5 Å². The normalized spacial score (nSPS) is 29.6. The molecule has 6 fully saturated rings. The largest absolute Gasteiger partial charge is 0.497 e. The molecule has 22 atom stereocenters. The van der Waals surface area contributed by atoms with Crippen molar-refractivity contribution in [2.75, 3.05) is 48.3 Å². The van der Waals surface area contributed by atoms with Crippen molar-refractivity contribution in [1.82, 2.24) is 10.6 Å². The fourth-order valence-electron chi connectivity index (χ4n) is 15.1. The van der Waals surface area contributed by atoms with Crippen LogP contribution in [0.25, 0.3) is 0 Å². The van der Waals surface area contributed by atoms with Gasteiger partial charge in [0, 0.05) is 25.0 Å². The van der Waals surface area contributed by atoms with Gasteiger partial charge in [0.15, 0.2) is 74.4 Å². The van der Waals surface area contributed by atoms with Gasteiger partial charge in [0.1, 0.15) is 72.4 Å². The molecule has 2 amide bonds. The van der Waals surface area contributed by atoms with Crippen molar-refractivity contribution >= 4 is 55.9 Å². The first-order chi connectivity index (χ1) is 56.5. The molecule has 6 aromatic rings. The van der Waals surface area contributed by atoms with Gasteiger partial charge in [0.2, 0.25) is 20.1 Å². The van der Waals surface area contributed by atoms with Gasteiger partial charge in [-0.2, -0.15) is 0 Å². The maximum Gasteiger partial charge on any atom is 0.338 e. The molecule has 0 aromatic heterocycles. The molecule has 2 N–H and O–H groups in total. The number of ether oxygens (including phenoxy) is 20. The second kappa shape index (κ2) is 38.5. The summed E-state index contributed by atoms with van der Waals surface area (Å²) in [6.45, 7) is 19.4. The number of methoxy groups -OCH3 is 4. The molecule has 6 saturated heterocycles. The molecule has 10 unspecified atom stereocenters. The number of hydrogen-bond donors (Lipinski definition) is 2. The van der Waals surface area contributed by atoms with Gasteiger partial charge in [0.25, 0.3) is 0 Å². The Hall–Kier alpha value is -9.88. The van der Waals surface area contributed by atoms with E-state index < -0.39 is 208 Å². The quantitative estimate of drug-likeness (QED) is 0.0210. The zero-order valence-electron chi connectivity index (χ0n) is 67.6. The van der Waals surface area contributed by atoms with Gasteiger partial charge in [-0.05, 0) is 89.4 Å². The van der Waals surface area contributed by atoms with Crippen molar-refractivity contribution in [1.29, 1.82) is 0 Å². The predicted octanol–water partition coefficient (Wildman–Crippen LogP) is 9.31. The molecule has 6 aromatic carbocycles. The van der Waals surface area contributed by atoms with E-state index in [4.69, 9.17) is 99.2 Å². The van der Waals surface area contributed by atoms with E-state index in [1.165, 1.54) is 75.8 Å². The number of nitrogens with one attached hydrogen (secondary N) is 2. The van der Waals surface area contributed by atoms with Crippen molar-refractivity contribution < 1.29 is 138 Å². The number of hydrogen-bond acceptors (Lipinski definition) is 29. The lowest BCUT2D eigenvalue weighted by atomic mass is 9.92. The number of amides is 2. The molecular formula is C86H100N2O29Si. The smallest absolute Gasteiger partial charge is 0.338 e. The molecule has 0 saturated carbocycles. The Morgan fingerprint density at radius 1 is 0.424 bits per heavy atom. The van der Waals surface area contributed by atoms with Crippen LogP contribution >= 0.6 is 0 Å². The first-order valence-corrected chi connectivity index (χ1v) is 41.0. The first-order valence-electron chi connectivity index (χ1n) is 38.6. The summed E-state index contributed by atoms with van der Waals surface area (Å²) in [6, 6.07) is 41.4. The third kappa shape index (κ3) is 19.8. The number of fused-ring (bicyclic) bond motifs is 2. The maximum absolute atomic E-state index is 15.3. The monoisotopic (exact) mass is 1650 g/mol. The molecular weight excluding hydrogens is 1550 g/mol. The second-order valence-electron chi connectivity index (χ2n) is 31.0. The van der Waals surface area contributed by atoms with Crippen molar-refractivity contribution in [2.24, 2.45) is 0 Å². The highest BCUT2D eigenvalue weighted by molar-refractivity contribution is 6.78. The molecule has 6 aliphatic rings. The average Bonchev–Trinajstić information content (AvgIpc) is 0.744. The maximum atomic E-state index is 15.3. The SMILES string of the molecule is C=CCO[C@@H]1OC2COC(c3ccc(OC)cc3)O[C@@H]2[C@H](O[C@@H]2OC(C(=O)OC)[C@@H](O[C@@H]3OC4COC(c5ccc(OC)cc5)O[C@@H]4[C@H](O[C@@H]4OC(C(=O)OC)[C@@H](O[Si](C)(C(C)(C)C)C(C)(C)C)[C@H](OC(=O)c5ccccc5)C4OC(=O)c4ccccc4)C3NC(C)=O)[C@H](OC(=O)c3ccccc3)C2OC(=O)c2ccccc2)C1NC(C)=O. The molecule has 12 rings (SSSR count). The third-order valence-electron chi connectivity index (χ3n) is 21.5. The van der Waals surface area contributed by atoms with Crippen molar-refractivity contribution in [2.45, 2.75) is 207 Å². The summed E-state index contributed by atoms with van der Waals surface area (Å²) in [4.78, 5) is 119. The summed E-state index contributed by atoms with van der Waals surface area (Å²) in [5.41, 5.74) is 0.894. The Morgan fingerprint density at radius 3 is 1.11 bits per heavy atom. The molecule has 632 valence electrons. The van der Waals surface area contributed by atoms with Crippen LogP contribution in [0.15, 0.2) is 183 Å². The molecule has 0 bridgehead atoms. The molecule has 0 radical (unpaired) electrons. The minimum absolute atomic E-state index is 0.00985. The van der Waals surface area contributed by atoms with Gasteiger partial charge in [-0.25, -0.2) is 28.8 Å². The topological polar surface area (TPSA) is 354 Å². The average molecular weight is 1650 g/mol. The van der Waals surface area contributed by atoms with E-state index in [2.05, 4.69) is 17.2 Å². The number of benzene rings is 6. The molecule has 0 spiro atoms. The standard InChI is InChI=1S/C86H100N2O29Si/c1-15-44-101-81-59(87-47(2)89)63(61-57(104-81)45-102-79(110-61)53-36-40-55(97-10)41-37-53)112-83-71(108-75(93)51-32-24-18-25-33-51)66(106-73(91)49-28-20-16-21-29-49)65(69(115-83)77(95)99-12)114-82-60(88-48(3)90)64(62-58(105-82)46-103-80(111-62)54-38-42-56(98-11)43-39-54)113-84-72(109-76(94)52-34-26-19-27-35-52)67(107-74(92)50-30-22-17-23-31-50)68(70(116-84)78(96)100-13)117-118(14,85(4,5)6)86(7,8)9/h15-43,57-72,79-84H,1,44-46H2,2-14H3,(H,87,89)(H,88,90)/t57?,58?,59?,60?,61-,62-,63+,64+,65-,66-,67-,68-,69?,70?,71?,72?,79?,80?,81+,82-,83+,84+/m0/s1. The van der Waals surface area contributed by atoms with Crippen LogP contribution in [0.2, 0.25) is 16.6 Å². The Labute approximate surface area is 684 Å². The molecule has 6 aliphatic heterocycles. The van der Waals surface area contributed by atoms with Crippen LogP contribution in [0.3, 0.4) is 0 Å². The van der Waals surface area contributed by atoms with Crippen LogP contribution < -0.4 is 20.1 Å². The Balaban J connectivity index is 1.03. The molecule has 32 heteroatoms. The van der Waals surface area contributed by atoms with E-state index in [0.29, 0.717) is 22.6 Å². The van der Waals surface area contributed by atoms with Crippen LogP contribution in [-0.4, -0.2) is 227 Å². The Kier molecular flexibility index (Phi) is 28.5.